The lowest BCUT2D eigenvalue weighted by Crippen LogP contribution is -2.20. The van der Waals surface area contributed by atoms with Gasteiger partial charge in [0.25, 0.3) is 10.0 Å². The van der Waals surface area contributed by atoms with E-state index in [2.05, 4.69) is 26.0 Å². The lowest BCUT2D eigenvalue weighted by atomic mass is 10.3. The van der Waals surface area contributed by atoms with Gasteiger partial charge in [-0.25, -0.2) is 8.42 Å². The number of benzene rings is 2. The third kappa shape index (κ3) is 4.48. The van der Waals surface area contributed by atoms with Crippen LogP contribution in [0.3, 0.4) is 0 Å². The Kier molecular flexibility index (Phi) is 6.59. The predicted octanol–water partition coefficient (Wildman–Crippen LogP) is 3.66. The van der Waals surface area contributed by atoms with Crippen LogP contribution in [0.15, 0.2) is 39.7 Å². The first-order valence-corrected chi connectivity index (χ1v) is 11.1. The molecule has 152 valence electrons. The molecule has 0 aromatic heterocycles. The van der Waals surface area contributed by atoms with Crippen molar-refractivity contribution in [1.82, 2.24) is 5.32 Å². The number of ether oxygens (including phenoxy) is 3. The summed E-state index contributed by atoms with van der Waals surface area (Å²) >= 11 is 9.49. The van der Waals surface area contributed by atoms with Crippen molar-refractivity contribution >= 4 is 43.2 Å². The Morgan fingerprint density at radius 3 is 2.61 bits per heavy atom. The third-order valence-corrected chi connectivity index (χ3v) is 7.02. The number of hydrogen-bond acceptors (Lipinski definition) is 6. The number of nitrogens with one attached hydrogen (secondary N) is 2. The van der Waals surface area contributed by atoms with Crippen molar-refractivity contribution in [2.45, 2.75) is 17.4 Å². The maximum atomic E-state index is 12.9. The molecule has 0 bridgehead atoms. The SMILES string of the molecule is COc1ccc(S(=O)(=O)Nc2ccc(Cl)c(OC3CCNC3)c2)c(Br)c1OC. The fourth-order valence-corrected chi connectivity index (χ4v) is 5.27. The van der Waals surface area contributed by atoms with Gasteiger partial charge in [-0.05, 0) is 53.2 Å². The number of rotatable bonds is 7. The standard InChI is InChI=1S/C18H20BrClN2O5S/c1-25-14-5-6-16(17(19)18(14)26-2)28(23,24)22-11-3-4-13(20)15(9-11)27-12-7-8-21-10-12/h3-6,9,12,21-22H,7-8,10H2,1-2H3. The zero-order valence-corrected chi connectivity index (χ0v) is 18.4. The summed E-state index contributed by atoms with van der Waals surface area (Å²) in [4.78, 5) is 0.0163. The Morgan fingerprint density at radius 2 is 1.96 bits per heavy atom. The smallest absolute Gasteiger partial charge is 0.263 e. The summed E-state index contributed by atoms with van der Waals surface area (Å²) in [5, 5.41) is 3.62. The van der Waals surface area contributed by atoms with Crippen LogP contribution in [-0.2, 0) is 10.0 Å². The minimum Gasteiger partial charge on any atom is -0.493 e. The van der Waals surface area contributed by atoms with Crippen molar-refractivity contribution in [3.63, 3.8) is 0 Å². The first kappa shape index (κ1) is 21.0. The molecule has 1 aliphatic rings. The maximum Gasteiger partial charge on any atom is 0.263 e. The summed E-state index contributed by atoms with van der Waals surface area (Å²) in [5.74, 6) is 1.14. The van der Waals surface area contributed by atoms with E-state index in [-0.39, 0.29) is 15.5 Å². The molecule has 0 amide bonds. The van der Waals surface area contributed by atoms with Crippen molar-refractivity contribution in [2.24, 2.45) is 0 Å². The van der Waals surface area contributed by atoms with Gasteiger partial charge in [0.15, 0.2) is 11.5 Å². The van der Waals surface area contributed by atoms with Gasteiger partial charge in [-0.15, -0.1) is 0 Å². The van der Waals surface area contributed by atoms with E-state index >= 15 is 0 Å². The summed E-state index contributed by atoms with van der Waals surface area (Å²) < 4.78 is 45.0. The predicted molar refractivity (Wildman–Crippen MR) is 111 cm³/mol. The van der Waals surface area contributed by atoms with E-state index in [1.807, 2.05) is 0 Å². The Hall–Kier alpha value is -1.68. The fraction of sp³-hybridized carbons (Fsp3) is 0.333. The molecule has 1 heterocycles. The lowest BCUT2D eigenvalue weighted by Gasteiger charge is -2.17. The van der Waals surface area contributed by atoms with Crippen LogP contribution in [0, 0.1) is 0 Å². The lowest BCUT2D eigenvalue weighted by molar-refractivity contribution is 0.223. The van der Waals surface area contributed by atoms with Gasteiger partial charge in [-0.3, -0.25) is 4.72 Å². The van der Waals surface area contributed by atoms with Crippen molar-refractivity contribution in [3.05, 3.63) is 39.8 Å². The maximum absolute atomic E-state index is 12.9. The van der Waals surface area contributed by atoms with Crippen LogP contribution < -0.4 is 24.2 Å². The molecule has 1 atom stereocenters. The van der Waals surface area contributed by atoms with E-state index < -0.39 is 10.0 Å². The molecule has 1 fully saturated rings. The number of anilines is 1. The van der Waals surface area contributed by atoms with Gasteiger partial charge in [0.1, 0.15) is 16.7 Å². The van der Waals surface area contributed by atoms with E-state index in [9.17, 15) is 8.42 Å². The minimum absolute atomic E-state index is 0.00403. The van der Waals surface area contributed by atoms with Gasteiger partial charge in [0.2, 0.25) is 0 Å². The fourth-order valence-electron chi connectivity index (χ4n) is 2.85. The normalized spacial score (nSPS) is 16.6. The number of methoxy groups -OCH3 is 2. The number of halogens is 2. The van der Waals surface area contributed by atoms with Crippen LogP contribution in [0.5, 0.6) is 17.2 Å². The minimum atomic E-state index is -3.90. The Labute approximate surface area is 177 Å². The average molecular weight is 492 g/mol. The molecular weight excluding hydrogens is 472 g/mol. The molecule has 2 aromatic rings. The third-order valence-electron chi connectivity index (χ3n) is 4.23. The highest BCUT2D eigenvalue weighted by Gasteiger charge is 2.24. The van der Waals surface area contributed by atoms with Crippen LogP contribution in [0.1, 0.15) is 6.42 Å². The van der Waals surface area contributed by atoms with Gasteiger partial charge in [0, 0.05) is 12.6 Å². The van der Waals surface area contributed by atoms with Gasteiger partial charge < -0.3 is 19.5 Å². The van der Waals surface area contributed by atoms with Gasteiger partial charge in [0.05, 0.1) is 29.4 Å². The molecule has 0 spiro atoms. The second kappa shape index (κ2) is 8.77. The molecule has 1 saturated heterocycles. The topological polar surface area (TPSA) is 85.9 Å². The first-order chi connectivity index (χ1) is 13.4. The van der Waals surface area contributed by atoms with Crippen LogP contribution in [-0.4, -0.2) is 41.8 Å². The first-order valence-electron chi connectivity index (χ1n) is 8.46. The molecule has 0 saturated carbocycles. The summed E-state index contributed by atoms with van der Waals surface area (Å²) in [6.45, 7) is 1.60. The monoisotopic (exact) mass is 490 g/mol. The Bertz CT molecular complexity index is 965. The van der Waals surface area contributed by atoms with Crippen LogP contribution in [0.2, 0.25) is 5.02 Å². The molecule has 3 rings (SSSR count). The quantitative estimate of drug-likeness (QED) is 0.615. The van der Waals surface area contributed by atoms with Crippen molar-refractivity contribution in [3.8, 4) is 17.2 Å². The molecule has 0 aliphatic carbocycles. The summed E-state index contributed by atoms with van der Waals surface area (Å²) in [7, 11) is -0.986. The highest BCUT2D eigenvalue weighted by molar-refractivity contribution is 9.10. The van der Waals surface area contributed by atoms with E-state index in [0.29, 0.717) is 28.0 Å². The van der Waals surface area contributed by atoms with Crippen molar-refractivity contribution < 1.29 is 22.6 Å². The van der Waals surface area contributed by atoms with E-state index in [1.165, 1.54) is 26.4 Å². The van der Waals surface area contributed by atoms with E-state index in [0.717, 1.165) is 19.5 Å². The molecule has 1 aliphatic heterocycles. The molecule has 10 heteroatoms. The van der Waals surface area contributed by atoms with Gasteiger partial charge >= 0.3 is 0 Å². The van der Waals surface area contributed by atoms with E-state index in [4.69, 9.17) is 25.8 Å². The highest BCUT2D eigenvalue weighted by Crippen LogP contribution is 2.40. The molecule has 28 heavy (non-hydrogen) atoms. The molecule has 2 aromatic carbocycles. The summed E-state index contributed by atoms with van der Waals surface area (Å²) in [6, 6.07) is 7.72. The Morgan fingerprint density at radius 1 is 1.18 bits per heavy atom. The summed E-state index contributed by atoms with van der Waals surface area (Å²) in [5.41, 5.74) is 0.340. The van der Waals surface area contributed by atoms with E-state index in [1.54, 1.807) is 18.2 Å². The highest BCUT2D eigenvalue weighted by atomic mass is 79.9. The van der Waals surface area contributed by atoms with Gasteiger partial charge in [-0.1, -0.05) is 11.6 Å². The van der Waals surface area contributed by atoms with Crippen molar-refractivity contribution in [2.75, 3.05) is 32.0 Å². The van der Waals surface area contributed by atoms with Gasteiger partial charge in [-0.2, -0.15) is 0 Å². The van der Waals surface area contributed by atoms with Crippen LogP contribution in [0.25, 0.3) is 0 Å². The molecule has 7 nitrogen and oxygen atoms in total. The average Bonchev–Trinajstić information content (AvgIpc) is 3.16. The molecule has 2 N–H and O–H groups in total. The van der Waals surface area contributed by atoms with Crippen LogP contribution >= 0.6 is 27.5 Å². The molecular formula is C18H20BrClN2O5S. The zero-order chi connectivity index (χ0) is 20.3. The Balaban J connectivity index is 1.88. The zero-order valence-electron chi connectivity index (χ0n) is 15.3. The second-order valence-electron chi connectivity index (χ2n) is 6.10. The van der Waals surface area contributed by atoms with Crippen molar-refractivity contribution in [1.29, 1.82) is 0 Å². The number of hydrogen-bond donors (Lipinski definition) is 2. The number of sulfonamides is 1. The molecule has 0 radical (unpaired) electrons. The molecule has 1 unspecified atom stereocenters. The second-order valence-corrected chi connectivity index (χ2v) is 8.95. The summed E-state index contributed by atoms with van der Waals surface area (Å²) in [6.07, 6.45) is 0.870. The largest absolute Gasteiger partial charge is 0.493 e. The van der Waals surface area contributed by atoms with Crippen LogP contribution in [0.4, 0.5) is 5.69 Å².